The molecule has 0 atom stereocenters. The van der Waals surface area contributed by atoms with Crippen LogP contribution in [0.25, 0.3) is 0 Å². The summed E-state index contributed by atoms with van der Waals surface area (Å²) in [6.45, 7) is 0.555. The third kappa shape index (κ3) is 3.65. The molecule has 1 saturated carbocycles. The molecule has 0 spiro atoms. The quantitative estimate of drug-likeness (QED) is 0.920. The van der Waals surface area contributed by atoms with Crippen LogP contribution in [0.15, 0.2) is 12.4 Å². The number of nitrogens with one attached hydrogen (secondary N) is 1. The fourth-order valence-corrected chi connectivity index (χ4v) is 2.15. The lowest BCUT2D eigenvalue weighted by molar-refractivity contribution is -0.145. The standard InChI is InChI=1S/C12H14F3N3O/c13-12(14,15)11-17-6-9(7-18-11)10(19)16-5-8-3-1-2-4-8/h6-8H,1-5H2,(H,16,19). The molecule has 4 nitrogen and oxygen atoms in total. The molecule has 19 heavy (non-hydrogen) atoms. The van der Waals surface area contributed by atoms with Crippen LogP contribution in [0.2, 0.25) is 0 Å². The first-order valence-electron chi connectivity index (χ1n) is 6.14. The lowest BCUT2D eigenvalue weighted by Crippen LogP contribution is -2.28. The minimum Gasteiger partial charge on any atom is -0.352 e. The van der Waals surface area contributed by atoms with E-state index < -0.39 is 17.9 Å². The normalized spacial score (nSPS) is 16.6. The number of alkyl halides is 3. The van der Waals surface area contributed by atoms with Crippen molar-refractivity contribution in [2.75, 3.05) is 6.54 Å². The fourth-order valence-electron chi connectivity index (χ4n) is 2.15. The largest absolute Gasteiger partial charge is 0.451 e. The summed E-state index contributed by atoms with van der Waals surface area (Å²) in [5.74, 6) is -1.19. The van der Waals surface area contributed by atoms with Crippen LogP contribution in [0.1, 0.15) is 41.9 Å². The van der Waals surface area contributed by atoms with Crippen molar-refractivity contribution in [3.8, 4) is 0 Å². The van der Waals surface area contributed by atoms with Crippen LogP contribution in [0.5, 0.6) is 0 Å². The van der Waals surface area contributed by atoms with Gasteiger partial charge in [0.05, 0.1) is 5.56 Å². The van der Waals surface area contributed by atoms with Crippen LogP contribution < -0.4 is 5.32 Å². The van der Waals surface area contributed by atoms with Crippen molar-refractivity contribution in [2.24, 2.45) is 5.92 Å². The molecule has 1 amide bonds. The topological polar surface area (TPSA) is 54.9 Å². The molecule has 1 aliphatic rings. The van der Waals surface area contributed by atoms with Crippen molar-refractivity contribution in [1.82, 2.24) is 15.3 Å². The van der Waals surface area contributed by atoms with Gasteiger partial charge in [0.15, 0.2) is 0 Å². The van der Waals surface area contributed by atoms with Gasteiger partial charge in [-0.2, -0.15) is 13.2 Å². The predicted molar refractivity (Wildman–Crippen MR) is 61.3 cm³/mol. The summed E-state index contributed by atoms with van der Waals surface area (Å²) in [6.07, 6.45) is 1.74. The van der Waals surface area contributed by atoms with E-state index in [4.69, 9.17) is 0 Å². The Bertz CT molecular complexity index is 439. The summed E-state index contributed by atoms with van der Waals surface area (Å²) in [4.78, 5) is 18.0. The van der Waals surface area contributed by atoms with Gasteiger partial charge in [-0.3, -0.25) is 4.79 Å². The average molecular weight is 273 g/mol. The Kier molecular flexibility index (Phi) is 4.01. The van der Waals surface area contributed by atoms with Gasteiger partial charge in [-0.15, -0.1) is 0 Å². The minimum absolute atomic E-state index is 0.0472. The number of rotatable bonds is 3. The Morgan fingerprint density at radius 2 is 1.84 bits per heavy atom. The first-order valence-corrected chi connectivity index (χ1v) is 6.14. The minimum atomic E-state index is -4.58. The molecule has 0 aromatic carbocycles. The van der Waals surface area contributed by atoms with E-state index in [1.807, 2.05) is 0 Å². The maximum absolute atomic E-state index is 12.2. The summed E-state index contributed by atoms with van der Waals surface area (Å²) < 4.78 is 36.7. The molecule has 7 heteroatoms. The van der Waals surface area contributed by atoms with E-state index in [0.29, 0.717) is 12.5 Å². The predicted octanol–water partition coefficient (Wildman–Crippen LogP) is 2.42. The maximum Gasteiger partial charge on any atom is 0.451 e. The number of carbonyl (C=O) groups is 1. The number of amides is 1. The van der Waals surface area contributed by atoms with E-state index in [9.17, 15) is 18.0 Å². The molecule has 1 fully saturated rings. The second-order valence-corrected chi connectivity index (χ2v) is 4.65. The van der Waals surface area contributed by atoms with Crippen LogP contribution in [0.3, 0.4) is 0 Å². The smallest absolute Gasteiger partial charge is 0.352 e. The van der Waals surface area contributed by atoms with Crippen LogP contribution >= 0.6 is 0 Å². The Hall–Kier alpha value is -1.66. The molecule has 0 unspecified atom stereocenters. The van der Waals surface area contributed by atoms with Crippen LogP contribution in [0, 0.1) is 5.92 Å². The molecule has 1 heterocycles. The van der Waals surface area contributed by atoms with Gasteiger partial charge in [-0.25, -0.2) is 9.97 Å². The van der Waals surface area contributed by atoms with Gasteiger partial charge >= 0.3 is 6.18 Å². The molecule has 1 aromatic heterocycles. The summed E-state index contributed by atoms with van der Waals surface area (Å²) in [5, 5.41) is 2.70. The molecular weight excluding hydrogens is 259 g/mol. The van der Waals surface area contributed by atoms with E-state index in [-0.39, 0.29) is 5.56 Å². The molecule has 0 saturated heterocycles. The third-order valence-corrected chi connectivity index (χ3v) is 3.19. The zero-order valence-corrected chi connectivity index (χ0v) is 10.2. The zero-order valence-electron chi connectivity index (χ0n) is 10.2. The summed E-state index contributed by atoms with van der Waals surface area (Å²) in [6, 6.07) is 0. The van der Waals surface area contributed by atoms with Gasteiger partial charge in [0.25, 0.3) is 5.91 Å². The first kappa shape index (κ1) is 13.8. The zero-order chi connectivity index (χ0) is 13.9. The molecule has 0 aliphatic heterocycles. The van der Waals surface area contributed by atoms with Gasteiger partial charge in [0, 0.05) is 18.9 Å². The summed E-state index contributed by atoms with van der Waals surface area (Å²) in [5.41, 5.74) is 0.0472. The number of hydrogen-bond acceptors (Lipinski definition) is 3. The average Bonchev–Trinajstić information content (AvgIpc) is 2.88. The van der Waals surface area contributed by atoms with Crippen molar-refractivity contribution in [3.63, 3.8) is 0 Å². The van der Waals surface area contributed by atoms with Crippen molar-refractivity contribution in [1.29, 1.82) is 0 Å². The Labute approximate surface area is 108 Å². The molecule has 1 N–H and O–H groups in total. The van der Waals surface area contributed by atoms with Gasteiger partial charge < -0.3 is 5.32 Å². The van der Waals surface area contributed by atoms with E-state index in [0.717, 1.165) is 25.2 Å². The van der Waals surface area contributed by atoms with Crippen LogP contribution in [-0.2, 0) is 6.18 Å². The highest BCUT2D eigenvalue weighted by Gasteiger charge is 2.34. The SMILES string of the molecule is O=C(NCC1CCCC1)c1cnc(C(F)(F)F)nc1. The molecule has 0 bridgehead atoms. The second kappa shape index (κ2) is 5.54. The van der Waals surface area contributed by atoms with E-state index >= 15 is 0 Å². The first-order chi connectivity index (χ1) is 8.97. The molecule has 104 valence electrons. The number of halogens is 3. The van der Waals surface area contributed by atoms with Crippen molar-refractivity contribution < 1.29 is 18.0 Å². The number of carbonyl (C=O) groups excluding carboxylic acids is 1. The number of aromatic nitrogens is 2. The van der Waals surface area contributed by atoms with E-state index in [2.05, 4.69) is 15.3 Å². The molecule has 1 aliphatic carbocycles. The van der Waals surface area contributed by atoms with Crippen molar-refractivity contribution in [3.05, 3.63) is 23.8 Å². The Morgan fingerprint density at radius 3 is 2.37 bits per heavy atom. The van der Waals surface area contributed by atoms with Crippen molar-refractivity contribution >= 4 is 5.91 Å². The second-order valence-electron chi connectivity index (χ2n) is 4.65. The lowest BCUT2D eigenvalue weighted by Gasteiger charge is -2.10. The molecular formula is C12H14F3N3O. The van der Waals surface area contributed by atoms with Gasteiger partial charge in [-0.05, 0) is 18.8 Å². The van der Waals surface area contributed by atoms with Gasteiger partial charge in [0.1, 0.15) is 0 Å². The van der Waals surface area contributed by atoms with E-state index in [1.165, 1.54) is 12.8 Å². The summed E-state index contributed by atoms with van der Waals surface area (Å²) >= 11 is 0. The number of hydrogen-bond donors (Lipinski definition) is 1. The van der Waals surface area contributed by atoms with Gasteiger partial charge in [0.2, 0.25) is 5.82 Å². The number of nitrogens with zero attached hydrogens (tertiary/aromatic N) is 2. The monoisotopic (exact) mass is 273 g/mol. The maximum atomic E-state index is 12.2. The van der Waals surface area contributed by atoms with Crippen LogP contribution in [-0.4, -0.2) is 22.4 Å². The third-order valence-electron chi connectivity index (χ3n) is 3.19. The fraction of sp³-hybridized carbons (Fsp3) is 0.583. The highest BCUT2D eigenvalue weighted by Crippen LogP contribution is 2.25. The lowest BCUT2D eigenvalue weighted by atomic mass is 10.1. The van der Waals surface area contributed by atoms with Crippen LogP contribution in [0.4, 0.5) is 13.2 Å². The highest BCUT2D eigenvalue weighted by molar-refractivity contribution is 5.93. The molecule has 0 radical (unpaired) electrons. The Morgan fingerprint density at radius 1 is 1.26 bits per heavy atom. The van der Waals surface area contributed by atoms with E-state index in [1.54, 1.807) is 0 Å². The Balaban J connectivity index is 1.92. The van der Waals surface area contributed by atoms with Crippen molar-refractivity contribution in [2.45, 2.75) is 31.9 Å². The molecule has 2 rings (SSSR count). The highest BCUT2D eigenvalue weighted by atomic mass is 19.4. The molecule has 1 aromatic rings. The van der Waals surface area contributed by atoms with Gasteiger partial charge in [-0.1, -0.05) is 12.8 Å². The summed E-state index contributed by atoms with van der Waals surface area (Å²) in [7, 11) is 0.